The highest BCUT2D eigenvalue weighted by Gasteiger charge is 2.34. The molecule has 0 aliphatic heterocycles. The monoisotopic (exact) mass is 269 g/mol. The van der Waals surface area contributed by atoms with E-state index in [2.05, 4.69) is 6.58 Å². The van der Waals surface area contributed by atoms with Gasteiger partial charge in [-0.25, -0.2) is 0 Å². The Morgan fingerprint density at radius 1 is 1.44 bits per heavy atom. The second-order valence-electron chi connectivity index (χ2n) is 4.03. The minimum absolute atomic E-state index is 0. The zero-order valence-corrected chi connectivity index (χ0v) is 11.4. The van der Waals surface area contributed by atoms with Crippen LogP contribution in [0.3, 0.4) is 0 Å². The van der Waals surface area contributed by atoms with Crippen LogP contribution in [0.1, 0.15) is 18.9 Å². The topological polar surface area (TPSA) is 52.3 Å². The zero-order chi connectivity index (χ0) is 12.7. The van der Waals surface area contributed by atoms with Crippen LogP contribution >= 0.6 is 12.4 Å². The lowest BCUT2D eigenvalue weighted by Gasteiger charge is -2.25. The molecule has 0 bridgehead atoms. The van der Waals surface area contributed by atoms with E-state index in [1.165, 1.54) is 0 Å². The van der Waals surface area contributed by atoms with E-state index in [0.717, 1.165) is 5.56 Å². The maximum Gasteiger partial charge on any atom is 0.326 e. The molecule has 0 spiro atoms. The predicted molar refractivity (Wildman–Crippen MR) is 75.8 cm³/mol. The van der Waals surface area contributed by atoms with Gasteiger partial charge < -0.3 is 10.5 Å². The molecule has 1 aromatic carbocycles. The Bertz CT molecular complexity index is 381. The number of rotatable bonds is 6. The average Bonchev–Trinajstić information content (AvgIpc) is 2.31. The SMILES string of the molecule is C=CC[C@](N)(Cc1ccccc1)C(=O)OCC.Cl. The molecular formula is C14H20ClNO2. The summed E-state index contributed by atoms with van der Waals surface area (Å²) in [4.78, 5) is 11.9. The normalized spacial score (nSPS) is 13.0. The van der Waals surface area contributed by atoms with Gasteiger partial charge in [-0.2, -0.15) is 0 Å². The van der Waals surface area contributed by atoms with Gasteiger partial charge in [0, 0.05) is 6.42 Å². The second kappa shape index (κ2) is 7.90. The molecule has 100 valence electrons. The molecule has 4 heteroatoms. The first kappa shape index (κ1) is 16.7. The summed E-state index contributed by atoms with van der Waals surface area (Å²) in [6.07, 6.45) is 2.51. The Morgan fingerprint density at radius 2 is 2.06 bits per heavy atom. The van der Waals surface area contributed by atoms with Gasteiger partial charge in [-0.15, -0.1) is 19.0 Å². The van der Waals surface area contributed by atoms with E-state index < -0.39 is 5.54 Å². The van der Waals surface area contributed by atoms with Gasteiger partial charge in [0.05, 0.1) is 6.61 Å². The number of carbonyl (C=O) groups excluding carboxylic acids is 1. The quantitative estimate of drug-likeness (QED) is 0.638. The third-order valence-electron chi connectivity index (χ3n) is 2.55. The first-order chi connectivity index (χ1) is 8.12. The summed E-state index contributed by atoms with van der Waals surface area (Å²) in [5.74, 6) is -0.372. The summed E-state index contributed by atoms with van der Waals surface area (Å²) >= 11 is 0. The highest BCUT2D eigenvalue weighted by molar-refractivity contribution is 5.85. The van der Waals surface area contributed by atoms with Gasteiger partial charge >= 0.3 is 5.97 Å². The molecular weight excluding hydrogens is 250 g/mol. The van der Waals surface area contributed by atoms with Crippen molar-refractivity contribution in [3.8, 4) is 0 Å². The van der Waals surface area contributed by atoms with Crippen LogP contribution in [-0.2, 0) is 16.0 Å². The van der Waals surface area contributed by atoms with Gasteiger partial charge in [0.2, 0.25) is 0 Å². The summed E-state index contributed by atoms with van der Waals surface area (Å²) in [6, 6.07) is 9.68. The van der Waals surface area contributed by atoms with Crippen molar-refractivity contribution in [3.63, 3.8) is 0 Å². The van der Waals surface area contributed by atoms with Crippen LogP contribution in [0.25, 0.3) is 0 Å². The van der Waals surface area contributed by atoms with Gasteiger partial charge in [0.25, 0.3) is 0 Å². The number of nitrogens with two attached hydrogens (primary N) is 1. The van der Waals surface area contributed by atoms with Gasteiger partial charge in [-0.1, -0.05) is 36.4 Å². The molecule has 2 N–H and O–H groups in total. The Morgan fingerprint density at radius 3 is 2.56 bits per heavy atom. The average molecular weight is 270 g/mol. The Hall–Kier alpha value is -1.32. The van der Waals surface area contributed by atoms with Crippen LogP contribution in [0.5, 0.6) is 0 Å². The molecule has 0 fully saturated rings. The van der Waals surface area contributed by atoms with Crippen LogP contribution in [0.2, 0.25) is 0 Å². The standard InChI is InChI=1S/C14H19NO2.ClH/c1-3-10-14(15,13(16)17-4-2)11-12-8-6-5-7-9-12;/h3,5-9H,1,4,10-11,15H2,2H3;1H/t14-;/m0./s1. The van der Waals surface area contributed by atoms with Gasteiger partial charge in [-0.05, 0) is 18.9 Å². The van der Waals surface area contributed by atoms with Crippen LogP contribution in [-0.4, -0.2) is 18.1 Å². The highest BCUT2D eigenvalue weighted by atomic mass is 35.5. The van der Waals surface area contributed by atoms with Crippen molar-refractivity contribution < 1.29 is 9.53 Å². The number of hydrogen-bond donors (Lipinski definition) is 1. The molecule has 3 nitrogen and oxygen atoms in total. The molecule has 0 aliphatic rings. The van der Waals surface area contributed by atoms with Crippen molar-refractivity contribution in [2.75, 3.05) is 6.61 Å². The van der Waals surface area contributed by atoms with Gasteiger partial charge in [0.1, 0.15) is 5.54 Å². The molecule has 0 radical (unpaired) electrons. The van der Waals surface area contributed by atoms with Gasteiger partial charge in [-0.3, -0.25) is 4.79 Å². The summed E-state index contributed by atoms with van der Waals surface area (Å²) in [6.45, 7) is 5.75. The number of ether oxygens (including phenoxy) is 1. The molecule has 0 saturated heterocycles. The number of benzene rings is 1. The molecule has 1 rings (SSSR count). The summed E-state index contributed by atoms with van der Waals surface area (Å²) in [5.41, 5.74) is 6.13. The molecule has 1 aromatic rings. The van der Waals surface area contributed by atoms with Crippen LogP contribution in [0.4, 0.5) is 0 Å². The third-order valence-corrected chi connectivity index (χ3v) is 2.55. The fourth-order valence-corrected chi connectivity index (χ4v) is 1.72. The molecule has 0 saturated carbocycles. The lowest BCUT2D eigenvalue weighted by Crippen LogP contribution is -2.50. The smallest absolute Gasteiger partial charge is 0.326 e. The highest BCUT2D eigenvalue weighted by Crippen LogP contribution is 2.17. The summed E-state index contributed by atoms with van der Waals surface area (Å²) in [5, 5.41) is 0. The van der Waals surface area contributed by atoms with E-state index in [9.17, 15) is 4.79 Å². The Labute approximate surface area is 114 Å². The molecule has 0 amide bonds. The lowest BCUT2D eigenvalue weighted by molar-refractivity contribution is -0.149. The van der Waals surface area contributed by atoms with Crippen molar-refractivity contribution in [2.24, 2.45) is 5.73 Å². The third kappa shape index (κ3) is 4.51. The van der Waals surface area contributed by atoms with E-state index in [0.29, 0.717) is 19.4 Å². The number of esters is 1. The first-order valence-corrected chi connectivity index (χ1v) is 5.73. The molecule has 1 atom stereocenters. The molecule has 0 aliphatic carbocycles. The molecule has 0 unspecified atom stereocenters. The lowest BCUT2D eigenvalue weighted by atomic mass is 9.88. The van der Waals surface area contributed by atoms with E-state index in [4.69, 9.17) is 10.5 Å². The van der Waals surface area contributed by atoms with E-state index in [1.807, 2.05) is 30.3 Å². The molecule has 0 aromatic heterocycles. The van der Waals surface area contributed by atoms with Crippen molar-refractivity contribution in [3.05, 3.63) is 48.6 Å². The molecule has 18 heavy (non-hydrogen) atoms. The van der Waals surface area contributed by atoms with E-state index >= 15 is 0 Å². The number of hydrogen-bond acceptors (Lipinski definition) is 3. The molecule has 0 heterocycles. The maximum atomic E-state index is 11.9. The van der Waals surface area contributed by atoms with Crippen LogP contribution < -0.4 is 5.73 Å². The van der Waals surface area contributed by atoms with Crippen LogP contribution in [0.15, 0.2) is 43.0 Å². The largest absolute Gasteiger partial charge is 0.465 e. The van der Waals surface area contributed by atoms with Gasteiger partial charge in [0.15, 0.2) is 0 Å². The predicted octanol–water partition coefficient (Wildman–Crippen LogP) is 2.49. The Kier molecular flexibility index (Phi) is 7.32. The fourth-order valence-electron chi connectivity index (χ4n) is 1.72. The number of carbonyl (C=O) groups is 1. The minimum atomic E-state index is -1.01. The first-order valence-electron chi connectivity index (χ1n) is 5.73. The fraction of sp³-hybridized carbons (Fsp3) is 0.357. The Balaban J connectivity index is 0.00000289. The van der Waals surface area contributed by atoms with E-state index in [-0.39, 0.29) is 18.4 Å². The zero-order valence-electron chi connectivity index (χ0n) is 10.6. The van der Waals surface area contributed by atoms with Crippen molar-refractivity contribution in [1.82, 2.24) is 0 Å². The minimum Gasteiger partial charge on any atom is -0.465 e. The summed E-state index contributed by atoms with van der Waals surface area (Å²) in [7, 11) is 0. The van der Waals surface area contributed by atoms with Crippen molar-refractivity contribution in [2.45, 2.75) is 25.3 Å². The second-order valence-corrected chi connectivity index (χ2v) is 4.03. The maximum absolute atomic E-state index is 11.9. The summed E-state index contributed by atoms with van der Waals surface area (Å²) < 4.78 is 5.02. The van der Waals surface area contributed by atoms with Crippen molar-refractivity contribution in [1.29, 1.82) is 0 Å². The van der Waals surface area contributed by atoms with Crippen LogP contribution in [0, 0.1) is 0 Å². The van der Waals surface area contributed by atoms with Crippen molar-refractivity contribution >= 4 is 18.4 Å². The number of halogens is 1. The van der Waals surface area contributed by atoms with E-state index in [1.54, 1.807) is 13.0 Å².